The minimum Gasteiger partial charge on any atom is -0.310 e. The SMILES string of the molecule is CC1(C)c2ccccc2-c2c(N(c3ccc(-c4cc5c6ccccc6ccc5c5ccccc45)cc3)c3ccc4sc5ccccc5c4c3)cccc21. The van der Waals surface area contributed by atoms with Crippen molar-refractivity contribution in [2.24, 2.45) is 0 Å². The summed E-state index contributed by atoms with van der Waals surface area (Å²) >= 11 is 1.87. The number of nitrogens with zero attached hydrogens (tertiary/aromatic N) is 1. The molecule has 0 radical (unpaired) electrons. The van der Waals surface area contributed by atoms with Crippen molar-refractivity contribution >= 4 is 80.9 Å². The van der Waals surface area contributed by atoms with Gasteiger partial charge in [0.15, 0.2) is 0 Å². The van der Waals surface area contributed by atoms with Crippen LogP contribution in [0.1, 0.15) is 25.0 Å². The Morgan fingerprint density at radius 3 is 1.94 bits per heavy atom. The van der Waals surface area contributed by atoms with Crippen LogP contribution in [0.2, 0.25) is 0 Å². The van der Waals surface area contributed by atoms with Gasteiger partial charge < -0.3 is 4.90 Å². The highest BCUT2D eigenvalue weighted by Crippen LogP contribution is 2.54. The van der Waals surface area contributed by atoms with E-state index in [2.05, 4.69) is 195 Å². The molecule has 0 atom stereocenters. The molecule has 0 aliphatic heterocycles. The molecule has 0 saturated heterocycles. The first-order valence-corrected chi connectivity index (χ1v) is 19.2. The van der Waals surface area contributed by atoms with E-state index in [-0.39, 0.29) is 5.41 Å². The van der Waals surface area contributed by atoms with Gasteiger partial charge in [-0.3, -0.25) is 0 Å². The minimum atomic E-state index is -0.0910. The lowest BCUT2D eigenvalue weighted by Crippen LogP contribution is -2.16. The summed E-state index contributed by atoms with van der Waals surface area (Å²) in [6.07, 6.45) is 0. The number of rotatable bonds is 4. The molecule has 0 fully saturated rings. The Kier molecular flexibility index (Phi) is 6.53. The summed E-state index contributed by atoms with van der Waals surface area (Å²) in [4.78, 5) is 2.48. The monoisotopic (exact) mass is 693 g/mol. The molecule has 11 rings (SSSR count). The Morgan fingerprint density at radius 1 is 0.415 bits per heavy atom. The van der Waals surface area contributed by atoms with Gasteiger partial charge in [-0.2, -0.15) is 0 Å². The van der Waals surface area contributed by atoms with Crippen molar-refractivity contribution in [2.75, 3.05) is 4.90 Å². The van der Waals surface area contributed by atoms with Crippen LogP contribution in [0.5, 0.6) is 0 Å². The van der Waals surface area contributed by atoms with E-state index in [1.54, 1.807) is 0 Å². The second-order valence-corrected chi connectivity index (χ2v) is 16.0. The van der Waals surface area contributed by atoms with Crippen molar-refractivity contribution < 1.29 is 0 Å². The lowest BCUT2D eigenvalue weighted by molar-refractivity contribution is 0.660. The zero-order chi connectivity index (χ0) is 35.3. The van der Waals surface area contributed by atoms with Crippen molar-refractivity contribution in [3.05, 3.63) is 187 Å². The van der Waals surface area contributed by atoms with E-state index < -0.39 is 0 Å². The smallest absolute Gasteiger partial charge is 0.0543 e. The second-order valence-electron chi connectivity index (χ2n) is 14.9. The quantitative estimate of drug-likeness (QED) is 0.166. The predicted octanol–water partition coefficient (Wildman–Crippen LogP) is 15.0. The summed E-state index contributed by atoms with van der Waals surface area (Å²) in [5, 5.41) is 10.3. The van der Waals surface area contributed by atoms with Crippen molar-refractivity contribution in [3.63, 3.8) is 0 Å². The van der Waals surface area contributed by atoms with Crippen molar-refractivity contribution in [1.29, 1.82) is 0 Å². The van der Waals surface area contributed by atoms with Gasteiger partial charge >= 0.3 is 0 Å². The van der Waals surface area contributed by atoms with Crippen molar-refractivity contribution in [1.82, 2.24) is 0 Å². The van der Waals surface area contributed by atoms with Crippen molar-refractivity contribution in [2.45, 2.75) is 19.3 Å². The standard InChI is InChI=1S/C51H35NS/c1-51(2)45-18-9-7-17-41(45)50-46(51)19-11-20-47(50)52(35-27-29-49-44(30-35)40-16-8-10-21-48(40)53-49)34-25-22-33(23-26-34)42-31-43-36-13-4-3-12-32(36)24-28-39(43)37-14-5-6-15-38(37)42/h3-31H,1-2H3. The van der Waals surface area contributed by atoms with E-state index in [0.29, 0.717) is 0 Å². The lowest BCUT2D eigenvalue weighted by Gasteiger charge is -2.29. The molecule has 1 heterocycles. The first kappa shape index (κ1) is 30.4. The fourth-order valence-electron chi connectivity index (χ4n) is 9.09. The zero-order valence-corrected chi connectivity index (χ0v) is 30.4. The van der Waals surface area contributed by atoms with E-state index in [9.17, 15) is 0 Å². The van der Waals surface area contributed by atoms with E-state index in [1.165, 1.54) is 91.6 Å². The van der Waals surface area contributed by atoms with Gasteiger partial charge in [0.2, 0.25) is 0 Å². The normalized spacial score (nSPS) is 13.2. The summed E-state index contributed by atoms with van der Waals surface area (Å²) in [5.41, 5.74) is 11.3. The molecule has 1 aliphatic carbocycles. The van der Waals surface area contributed by atoms with Crippen LogP contribution in [0.3, 0.4) is 0 Å². The molecule has 0 amide bonds. The van der Waals surface area contributed by atoms with E-state index in [0.717, 1.165) is 11.4 Å². The van der Waals surface area contributed by atoms with Crippen LogP contribution in [0.25, 0.3) is 74.7 Å². The number of hydrogen-bond donors (Lipinski definition) is 0. The molecule has 0 spiro atoms. The maximum absolute atomic E-state index is 2.48. The number of anilines is 3. The van der Waals surface area contributed by atoms with E-state index >= 15 is 0 Å². The minimum absolute atomic E-state index is 0.0910. The third-order valence-corrected chi connectivity index (χ3v) is 12.8. The van der Waals surface area contributed by atoms with Gasteiger partial charge in [-0.05, 0) is 109 Å². The van der Waals surface area contributed by atoms with E-state index in [1.807, 2.05) is 11.3 Å². The summed E-state index contributed by atoms with van der Waals surface area (Å²) in [5.74, 6) is 0. The summed E-state index contributed by atoms with van der Waals surface area (Å²) < 4.78 is 2.63. The first-order valence-electron chi connectivity index (χ1n) is 18.4. The Labute approximate surface area is 313 Å². The molecular formula is C51H35NS. The largest absolute Gasteiger partial charge is 0.310 e. The Bertz CT molecular complexity index is 3090. The van der Waals surface area contributed by atoms with Crippen LogP contribution in [-0.2, 0) is 5.41 Å². The van der Waals surface area contributed by atoms with Gasteiger partial charge in [0.1, 0.15) is 0 Å². The topological polar surface area (TPSA) is 3.24 Å². The molecule has 53 heavy (non-hydrogen) atoms. The molecule has 1 nitrogen and oxygen atoms in total. The third kappa shape index (κ3) is 4.49. The highest BCUT2D eigenvalue weighted by Gasteiger charge is 2.37. The van der Waals surface area contributed by atoms with Crippen molar-refractivity contribution in [3.8, 4) is 22.3 Å². The molecule has 9 aromatic carbocycles. The van der Waals surface area contributed by atoms with Crippen LogP contribution in [-0.4, -0.2) is 0 Å². The Morgan fingerprint density at radius 2 is 1.08 bits per heavy atom. The summed E-state index contributed by atoms with van der Waals surface area (Å²) in [7, 11) is 0. The maximum Gasteiger partial charge on any atom is 0.0543 e. The van der Waals surface area contributed by atoms with Crippen LogP contribution >= 0.6 is 11.3 Å². The number of benzene rings is 9. The highest BCUT2D eigenvalue weighted by atomic mass is 32.1. The molecule has 0 saturated carbocycles. The van der Waals surface area contributed by atoms with Gasteiger partial charge in [-0.1, -0.05) is 141 Å². The average Bonchev–Trinajstić information content (AvgIpc) is 3.70. The molecule has 0 unspecified atom stereocenters. The van der Waals surface area contributed by atoms with Gasteiger partial charge in [0.05, 0.1) is 5.69 Å². The Balaban J connectivity index is 1.14. The molecule has 0 N–H and O–H groups in total. The number of hydrogen-bond acceptors (Lipinski definition) is 2. The molecule has 250 valence electrons. The fourth-order valence-corrected chi connectivity index (χ4v) is 10.2. The van der Waals surface area contributed by atoms with Crippen LogP contribution in [0.15, 0.2) is 176 Å². The first-order chi connectivity index (χ1) is 26.0. The number of thiophene rings is 1. The fraction of sp³-hybridized carbons (Fsp3) is 0.0588. The molecule has 0 bridgehead atoms. The van der Waals surface area contributed by atoms with Crippen LogP contribution in [0.4, 0.5) is 17.1 Å². The number of fused-ring (bicyclic) bond motifs is 11. The molecule has 1 aromatic heterocycles. The Hall–Kier alpha value is -6.22. The van der Waals surface area contributed by atoms with Gasteiger partial charge in [0, 0.05) is 42.5 Å². The third-order valence-electron chi connectivity index (χ3n) is 11.6. The highest BCUT2D eigenvalue weighted by molar-refractivity contribution is 7.25. The van der Waals surface area contributed by atoms with Gasteiger partial charge in [-0.15, -0.1) is 11.3 Å². The zero-order valence-electron chi connectivity index (χ0n) is 29.6. The molecule has 10 aromatic rings. The molecule has 2 heteroatoms. The second kappa shape index (κ2) is 11.4. The summed E-state index contributed by atoms with van der Waals surface area (Å²) in [6, 6.07) is 65.5. The molecular weight excluding hydrogens is 659 g/mol. The maximum atomic E-state index is 2.48. The molecule has 1 aliphatic rings. The van der Waals surface area contributed by atoms with Gasteiger partial charge in [0.25, 0.3) is 0 Å². The predicted molar refractivity (Wildman–Crippen MR) is 230 cm³/mol. The van der Waals surface area contributed by atoms with Gasteiger partial charge in [-0.25, -0.2) is 0 Å². The summed E-state index contributed by atoms with van der Waals surface area (Å²) in [6.45, 7) is 4.72. The van der Waals surface area contributed by atoms with E-state index in [4.69, 9.17) is 0 Å². The average molecular weight is 694 g/mol. The van der Waals surface area contributed by atoms with Crippen LogP contribution < -0.4 is 4.90 Å². The van der Waals surface area contributed by atoms with Crippen LogP contribution in [0, 0.1) is 0 Å². The lowest BCUT2D eigenvalue weighted by atomic mass is 9.82.